The molecule has 8 nitrogen and oxygen atoms in total. The molecule has 0 unspecified atom stereocenters. The standard InChI is InChI=1S/C25H37N3O5/c1-5-25(3,4)24(31)33-21-11-15(2)10-16-6-7-17(14-27-28-26)20(23(16)21)9-8-19-12-18(29)13-22(30)32-19/h6-7,10,15,17-21,23,29H,5,8-9,11-14H2,1-4H3/t15-,17+,18+,19+,20-,21-,23-/m0/s1. The van der Waals surface area contributed by atoms with Gasteiger partial charge in [0.2, 0.25) is 0 Å². The Morgan fingerprint density at radius 3 is 2.79 bits per heavy atom. The molecule has 0 amide bonds. The van der Waals surface area contributed by atoms with Gasteiger partial charge in [0.25, 0.3) is 0 Å². The van der Waals surface area contributed by atoms with E-state index in [0.29, 0.717) is 32.2 Å². The molecular weight excluding hydrogens is 422 g/mol. The molecule has 1 N–H and O–H groups in total. The van der Waals surface area contributed by atoms with E-state index >= 15 is 0 Å². The van der Waals surface area contributed by atoms with Gasteiger partial charge in [-0.25, -0.2) is 0 Å². The summed E-state index contributed by atoms with van der Waals surface area (Å²) < 4.78 is 11.6. The predicted molar refractivity (Wildman–Crippen MR) is 124 cm³/mol. The van der Waals surface area contributed by atoms with Crippen molar-refractivity contribution in [2.24, 2.45) is 34.2 Å². The monoisotopic (exact) mass is 459 g/mol. The SMILES string of the molecule is CCC(C)(C)C(=O)O[C@H]1C[C@@H](C)C=C2C=C[C@H](CN=[N+]=[N-])[C@H](CC[C@@H]3C[C@@H](O)CC(=O)O3)[C@H]21. The van der Waals surface area contributed by atoms with Crippen molar-refractivity contribution in [3.05, 3.63) is 34.2 Å². The van der Waals surface area contributed by atoms with Gasteiger partial charge in [-0.3, -0.25) is 9.59 Å². The minimum Gasteiger partial charge on any atom is -0.462 e. The van der Waals surface area contributed by atoms with Gasteiger partial charge in [0, 0.05) is 23.8 Å². The van der Waals surface area contributed by atoms with Crippen molar-refractivity contribution < 1.29 is 24.2 Å². The molecule has 1 saturated heterocycles. The highest BCUT2D eigenvalue weighted by Crippen LogP contribution is 2.46. The largest absolute Gasteiger partial charge is 0.462 e. The molecule has 1 aliphatic heterocycles. The summed E-state index contributed by atoms with van der Waals surface area (Å²) in [4.78, 5) is 27.7. The fourth-order valence-electron chi connectivity index (χ4n) is 5.27. The van der Waals surface area contributed by atoms with Crippen molar-refractivity contribution in [3.8, 4) is 0 Å². The van der Waals surface area contributed by atoms with E-state index in [9.17, 15) is 14.7 Å². The van der Waals surface area contributed by atoms with E-state index in [1.165, 1.54) is 0 Å². The molecule has 0 aromatic heterocycles. The third-order valence-corrected chi connectivity index (χ3v) is 7.52. The summed E-state index contributed by atoms with van der Waals surface area (Å²) in [6, 6.07) is 0. The molecule has 33 heavy (non-hydrogen) atoms. The van der Waals surface area contributed by atoms with Crippen molar-refractivity contribution in [3.63, 3.8) is 0 Å². The van der Waals surface area contributed by atoms with E-state index in [1.54, 1.807) is 0 Å². The number of rotatable bonds is 8. The molecule has 2 aliphatic carbocycles. The second-order valence-corrected chi connectivity index (χ2v) is 10.5. The van der Waals surface area contributed by atoms with E-state index in [-0.39, 0.29) is 54.2 Å². The van der Waals surface area contributed by atoms with Crippen LogP contribution in [0.2, 0.25) is 0 Å². The van der Waals surface area contributed by atoms with Crippen molar-refractivity contribution in [1.82, 2.24) is 0 Å². The number of aliphatic hydroxyl groups is 1. The zero-order valence-corrected chi connectivity index (χ0v) is 20.1. The Kier molecular flexibility index (Phi) is 8.24. The Morgan fingerprint density at radius 1 is 1.36 bits per heavy atom. The van der Waals surface area contributed by atoms with Gasteiger partial charge >= 0.3 is 11.9 Å². The second-order valence-electron chi connectivity index (χ2n) is 10.5. The summed E-state index contributed by atoms with van der Waals surface area (Å²) in [6.07, 6.45) is 8.40. The van der Waals surface area contributed by atoms with Crippen LogP contribution in [0.5, 0.6) is 0 Å². The van der Waals surface area contributed by atoms with Crippen LogP contribution in [-0.4, -0.2) is 41.9 Å². The van der Waals surface area contributed by atoms with Crippen molar-refractivity contribution in [2.45, 2.75) is 84.5 Å². The lowest BCUT2D eigenvalue weighted by Crippen LogP contribution is -2.44. The topological polar surface area (TPSA) is 122 Å². The van der Waals surface area contributed by atoms with E-state index < -0.39 is 11.5 Å². The van der Waals surface area contributed by atoms with Crippen LogP contribution < -0.4 is 0 Å². The predicted octanol–water partition coefficient (Wildman–Crippen LogP) is 4.88. The first-order valence-corrected chi connectivity index (χ1v) is 12.1. The zero-order valence-electron chi connectivity index (χ0n) is 20.1. The number of ether oxygens (including phenoxy) is 2. The first-order chi connectivity index (χ1) is 15.6. The number of cyclic esters (lactones) is 1. The van der Waals surface area contributed by atoms with Gasteiger partial charge in [-0.1, -0.05) is 37.2 Å². The number of hydrogen-bond donors (Lipinski definition) is 1. The minimum absolute atomic E-state index is 0.000981. The third-order valence-electron chi connectivity index (χ3n) is 7.52. The molecular formula is C25H37N3O5. The Labute approximate surface area is 196 Å². The van der Waals surface area contributed by atoms with Gasteiger partial charge in [-0.15, -0.1) is 0 Å². The van der Waals surface area contributed by atoms with E-state index in [4.69, 9.17) is 15.0 Å². The fourth-order valence-corrected chi connectivity index (χ4v) is 5.27. The van der Waals surface area contributed by atoms with Crippen LogP contribution in [0.3, 0.4) is 0 Å². The Balaban J connectivity index is 1.85. The lowest BCUT2D eigenvalue weighted by molar-refractivity contribution is -0.166. The van der Waals surface area contributed by atoms with Crippen LogP contribution in [0.1, 0.15) is 66.2 Å². The highest BCUT2D eigenvalue weighted by Gasteiger charge is 2.44. The second kappa shape index (κ2) is 10.7. The van der Waals surface area contributed by atoms with Gasteiger partial charge in [0.1, 0.15) is 12.2 Å². The molecule has 182 valence electrons. The number of carbonyl (C=O) groups excluding carboxylic acids is 2. The normalized spacial score (nSPS) is 33.9. The Morgan fingerprint density at radius 2 is 2.12 bits per heavy atom. The quantitative estimate of drug-likeness (QED) is 0.240. The number of nitrogens with zero attached hydrogens (tertiary/aromatic N) is 3. The highest BCUT2D eigenvalue weighted by molar-refractivity contribution is 5.76. The number of allylic oxidation sites excluding steroid dienone is 2. The third kappa shape index (κ3) is 6.18. The number of aliphatic hydroxyl groups excluding tert-OH is 1. The van der Waals surface area contributed by atoms with E-state index in [1.807, 2.05) is 20.8 Å². The summed E-state index contributed by atoms with van der Waals surface area (Å²) >= 11 is 0. The molecule has 0 radical (unpaired) electrons. The molecule has 3 aliphatic rings. The minimum atomic E-state index is -0.669. The van der Waals surface area contributed by atoms with Crippen molar-refractivity contribution in [2.75, 3.05) is 6.54 Å². The number of fused-ring (bicyclic) bond motifs is 1. The Hall–Kier alpha value is -2.31. The van der Waals surface area contributed by atoms with Gasteiger partial charge < -0.3 is 14.6 Å². The molecule has 0 aromatic carbocycles. The maximum Gasteiger partial charge on any atom is 0.311 e. The lowest BCUT2D eigenvalue weighted by atomic mass is 9.64. The highest BCUT2D eigenvalue weighted by atomic mass is 16.6. The number of azide groups is 1. The summed E-state index contributed by atoms with van der Waals surface area (Å²) in [5, 5.41) is 13.8. The first-order valence-electron chi connectivity index (χ1n) is 12.1. The van der Waals surface area contributed by atoms with Gasteiger partial charge in [0.15, 0.2) is 0 Å². The molecule has 8 heteroatoms. The average Bonchev–Trinajstić information content (AvgIpc) is 2.75. The van der Waals surface area contributed by atoms with Crippen LogP contribution in [0.15, 0.2) is 28.9 Å². The summed E-state index contributed by atoms with van der Waals surface area (Å²) in [5.41, 5.74) is 9.50. The van der Waals surface area contributed by atoms with Crippen LogP contribution in [-0.2, 0) is 19.1 Å². The summed E-state index contributed by atoms with van der Waals surface area (Å²) in [7, 11) is 0. The molecule has 0 aromatic rings. The van der Waals surface area contributed by atoms with Gasteiger partial charge in [-0.05, 0) is 68.4 Å². The molecule has 0 spiro atoms. The maximum atomic E-state index is 13.0. The van der Waals surface area contributed by atoms with Gasteiger partial charge in [0.05, 0.1) is 17.9 Å². The Bertz CT molecular complexity index is 845. The molecule has 3 rings (SSSR count). The van der Waals surface area contributed by atoms with E-state index in [2.05, 4.69) is 35.2 Å². The van der Waals surface area contributed by atoms with Crippen LogP contribution in [0, 0.1) is 29.1 Å². The van der Waals surface area contributed by atoms with Crippen LogP contribution >= 0.6 is 0 Å². The zero-order chi connectivity index (χ0) is 24.2. The van der Waals surface area contributed by atoms with Crippen molar-refractivity contribution >= 4 is 11.9 Å². The van der Waals surface area contributed by atoms with E-state index in [0.717, 1.165) is 12.0 Å². The summed E-state index contributed by atoms with van der Waals surface area (Å²) in [6.45, 7) is 8.25. The first kappa shape index (κ1) is 25.3. The summed E-state index contributed by atoms with van der Waals surface area (Å²) in [5.74, 6) is -0.208. The molecule has 0 bridgehead atoms. The van der Waals surface area contributed by atoms with Crippen molar-refractivity contribution in [1.29, 1.82) is 0 Å². The number of esters is 2. The van der Waals surface area contributed by atoms with Crippen LogP contribution in [0.25, 0.3) is 10.4 Å². The molecule has 1 heterocycles. The maximum absolute atomic E-state index is 13.0. The molecule has 7 atom stereocenters. The molecule has 0 saturated carbocycles. The average molecular weight is 460 g/mol. The number of hydrogen-bond acceptors (Lipinski definition) is 6. The smallest absolute Gasteiger partial charge is 0.311 e. The fraction of sp³-hybridized carbons (Fsp3) is 0.760. The molecule has 1 fully saturated rings. The van der Waals surface area contributed by atoms with Gasteiger partial charge in [-0.2, -0.15) is 0 Å². The number of carbonyl (C=O) groups is 2. The lowest BCUT2D eigenvalue weighted by Gasteiger charge is -2.44. The van der Waals surface area contributed by atoms with Crippen LogP contribution in [0.4, 0.5) is 0 Å².